The number of hydrogen-bond donors (Lipinski definition) is 2. The molecule has 1 aromatic carbocycles. The van der Waals surface area contributed by atoms with Crippen LogP contribution in [-0.4, -0.2) is 36.8 Å². The van der Waals surface area contributed by atoms with Gasteiger partial charge in [-0.05, 0) is 6.07 Å². The monoisotopic (exact) mass is 246 g/mol. The van der Waals surface area contributed by atoms with Gasteiger partial charge in [0, 0.05) is 17.7 Å². The Morgan fingerprint density at radius 3 is 2.62 bits per heavy atom. The average molecular weight is 247 g/mol. The van der Waals surface area contributed by atoms with Crippen molar-refractivity contribution in [2.24, 2.45) is 0 Å². The first-order valence-corrected chi connectivity index (χ1v) is 5.22. The van der Waals surface area contributed by atoms with Crippen molar-refractivity contribution in [1.82, 2.24) is 0 Å². The van der Waals surface area contributed by atoms with Gasteiger partial charge in [0.1, 0.15) is 19.0 Å². The molecule has 2 unspecified atom stereocenters. The summed E-state index contributed by atoms with van der Waals surface area (Å²) in [6.45, 7) is 0.0620. The zero-order valence-electron chi connectivity index (χ0n) is 8.97. The minimum Gasteiger partial charge on any atom is -0.388 e. The minimum absolute atomic E-state index is 0.0137. The Bertz CT molecular complexity index is 319. The molecular formula is C11H15ClO4. The average Bonchev–Trinajstić information content (AvgIpc) is 2.29. The molecule has 0 radical (unpaired) electrons. The predicted octanol–water partition coefficient (Wildman–Crippen LogP) is 1.35. The van der Waals surface area contributed by atoms with Gasteiger partial charge in [-0.1, -0.05) is 29.8 Å². The van der Waals surface area contributed by atoms with Crippen LogP contribution in [0.2, 0.25) is 5.02 Å². The smallest absolute Gasteiger partial charge is 0.146 e. The Hall–Kier alpha value is -0.650. The van der Waals surface area contributed by atoms with Gasteiger partial charge in [0.05, 0.1) is 6.61 Å². The van der Waals surface area contributed by atoms with Gasteiger partial charge >= 0.3 is 0 Å². The van der Waals surface area contributed by atoms with Crippen LogP contribution in [0.15, 0.2) is 24.3 Å². The Morgan fingerprint density at radius 1 is 1.31 bits per heavy atom. The SMILES string of the molecule is COCOCC(O)C(O)c1ccccc1Cl. The lowest BCUT2D eigenvalue weighted by Crippen LogP contribution is -2.24. The van der Waals surface area contributed by atoms with E-state index in [1.54, 1.807) is 24.3 Å². The lowest BCUT2D eigenvalue weighted by Gasteiger charge is -2.18. The molecule has 0 spiro atoms. The second kappa shape index (κ2) is 6.83. The number of rotatable bonds is 6. The van der Waals surface area contributed by atoms with E-state index >= 15 is 0 Å². The fourth-order valence-corrected chi connectivity index (χ4v) is 1.51. The summed E-state index contributed by atoms with van der Waals surface area (Å²) in [5.41, 5.74) is 0.484. The second-order valence-electron chi connectivity index (χ2n) is 3.31. The Morgan fingerprint density at radius 2 is 2.00 bits per heavy atom. The van der Waals surface area contributed by atoms with E-state index in [1.165, 1.54) is 7.11 Å². The van der Waals surface area contributed by atoms with E-state index in [-0.39, 0.29) is 13.4 Å². The summed E-state index contributed by atoms with van der Waals surface area (Å²) in [6.07, 6.45) is -2.10. The number of ether oxygens (including phenoxy) is 2. The molecule has 16 heavy (non-hydrogen) atoms. The molecule has 0 aromatic heterocycles. The van der Waals surface area contributed by atoms with Crippen LogP contribution in [0.3, 0.4) is 0 Å². The highest BCUT2D eigenvalue weighted by atomic mass is 35.5. The van der Waals surface area contributed by atoms with Crippen LogP contribution >= 0.6 is 11.6 Å². The van der Waals surface area contributed by atoms with E-state index in [2.05, 4.69) is 4.74 Å². The summed E-state index contributed by atoms with van der Waals surface area (Å²) in [4.78, 5) is 0. The molecule has 0 saturated carbocycles. The number of benzene rings is 1. The van der Waals surface area contributed by atoms with Crippen LogP contribution < -0.4 is 0 Å². The van der Waals surface area contributed by atoms with Crippen LogP contribution in [0.4, 0.5) is 0 Å². The van der Waals surface area contributed by atoms with Crippen molar-refractivity contribution in [3.63, 3.8) is 0 Å². The molecule has 0 aliphatic carbocycles. The summed E-state index contributed by atoms with van der Waals surface area (Å²) in [6, 6.07) is 6.81. The maximum absolute atomic E-state index is 9.81. The maximum atomic E-state index is 9.81. The standard InChI is InChI=1S/C11H15ClO4/c1-15-7-16-6-10(13)11(14)8-4-2-3-5-9(8)12/h2-5,10-11,13-14H,6-7H2,1H3. The van der Waals surface area contributed by atoms with Crippen LogP contribution in [0, 0.1) is 0 Å². The molecule has 0 aliphatic heterocycles. The van der Waals surface area contributed by atoms with Crippen LogP contribution in [0.25, 0.3) is 0 Å². The number of aliphatic hydroxyl groups excluding tert-OH is 2. The van der Waals surface area contributed by atoms with Crippen LogP contribution in [-0.2, 0) is 9.47 Å². The van der Waals surface area contributed by atoms with Gasteiger partial charge in [0.25, 0.3) is 0 Å². The van der Waals surface area contributed by atoms with Gasteiger partial charge in [-0.15, -0.1) is 0 Å². The molecule has 0 aliphatic rings. The highest BCUT2D eigenvalue weighted by Crippen LogP contribution is 2.24. The lowest BCUT2D eigenvalue weighted by atomic mass is 10.1. The Kier molecular flexibility index (Phi) is 5.73. The predicted molar refractivity (Wildman–Crippen MR) is 60.2 cm³/mol. The van der Waals surface area contributed by atoms with Gasteiger partial charge in [0.15, 0.2) is 0 Å². The van der Waals surface area contributed by atoms with Gasteiger partial charge in [0.2, 0.25) is 0 Å². The maximum Gasteiger partial charge on any atom is 0.146 e. The Labute approximate surface area is 99.4 Å². The summed E-state index contributed by atoms with van der Waals surface area (Å²) in [7, 11) is 1.48. The first kappa shape index (κ1) is 13.4. The molecule has 0 saturated heterocycles. The third-order valence-corrected chi connectivity index (χ3v) is 2.42. The normalized spacial score (nSPS) is 14.8. The number of aliphatic hydroxyl groups is 2. The van der Waals surface area contributed by atoms with E-state index in [4.69, 9.17) is 16.3 Å². The van der Waals surface area contributed by atoms with Gasteiger partial charge in [-0.2, -0.15) is 0 Å². The van der Waals surface area contributed by atoms with E-state index in [1.807, 2.05) is 0 Å². The minimum atomic E-state index is -1.06. The highest BCUT2D eigenvalue weighted by Gasteiger charge is 2.20. The van der Waals surface area contributed by atoms with Crippen molar-refractivity contribution < 1.29 is 19.7 Å². The number of methoxy groups -OCH3 is 1. The fourth-order valence-electron chi connectivity index (χ4n) is 1.27. The molecule has 0 amide bonds. The molecule has 0 fully saturated rings. The highest BCUT2D eigenvalue weighted by molar-refractivity contribution is 6.31. The number of halogens is 1. The van der Waals surface area contributed by atoms with Crippen molar-refractivity contribution in [1.29, 1.82) is 0 Å². The van der Waals surface area contributed by atoms with Gasteiger partial charge in [-0.3, -0.25) is 0 Å². The Balaban J connectivity index is 2.56. The fraction of sp³-hybridized carbons (Fsp3) is 0.455. The van der Waals surface area contributed by atoms with E-state index in [9.17, 15) is 10.2 Å². The van der Waals surface area contributed by atoms with Gasteiger partial charge < -0.3 is 19.7 Å². The first-order chi connectivity index (χ1) is 7.66. The molecule has 1 rings (SSSR count). The van der Waals surface area contributed by atoms with E-state index < -0.39 is 12.2 Å². The van der Waals surface area contributed by atoms with Crippen molar-refractivity contribution in [3.05, 3.63) is 34.9 Å². The number of hydrogen-bond acceptors (Lipinski definition) is 4. The quantitative estimate of drug-likeness (QED) is 0.588. The van der Waals surface area contributed by atoms with Crippen LogP contribution in [0.5, 0.6) is 0 Å². The van der Waals surface area contributed by atoms with Crippen molar-refractivity contribution in [3.8, 4) is 0 Å². The first-order valence-electron chi connectivity index (χ1n) is 4.84. The zero-order valence-corrected chi connectivity index (χ0v) is 9.72. The second-order valence-corrected chi connectivity index (χ2v) is 3.72. The molecular weight excluding hydrogens is 232 g/mol. The molecule has 5 heteroatoms. The topological polar surface area (TPSA) is 58.9 Å². The summed E-state index contributed by atoms with van der Waals surface area (Å²) in [5.74, 6) is 0. The molecule has 2 N–H and O–H groups in total. The third kappa shape index (κ3) is 3.73. The van der Waals surface area contributed by atoms with E-state index in [0.29, 0.717) is 10.6 Å². The van der Waals surface area contributed by atoms with Crippen molar-refractivity contribution in [2.75, 3.05) is 20.5 Å². The molecule has 1 aromatic rings. The molecule has 4 nitrogen and oxygen atoms in total. The molecule has 90 valence electrons. The van der Waals surface area contributed by atoms with Crippen LogP contribution in [0.1, 0.15) is 11.7 Å². The van der Waals surface area contributed by atoms with Crippen molar-refractivity contribution in [2.45, 2.75) is 12.2 Å². The summed E-state index contributed by atoms with van der Waals surface area (Å²) < 4.78 is 9.61. The van der Waals surface area contributed by atoms with Gasteiger partial charge in [-0.25, -0.2) is 0 Å². The third-order valence-electron chi connectivity index (χ3n) is 2.08. The van der Waals surface area contributed by atoms with E-state index in [0.717, 1.165) is 0 Å². The molecule has 2 atom stereocenters. The zero-order chi connectivity index (χ0) is 12.0. The largest absolute Gasteiger partial charge is 0.388 e. The van der Waals surface area contributed by atoms with Crippen molar-refractivity contribution >= 4 is 11.6 Å². The molecule has 0 heterocycles. The summed E-state index contributed by atoms with van der Waals surface area (Å²) >= 11 is 5.89. The molecule has 0 bridgehead atoms. The lowest BCUT2D eigenvalue weighted by molar-refractivity contribution is -0.0900. The summed E-state index contributed by atoms with van der Waals surface area (Å²) in [5, 5.41) is 19.9.